The summed E-state index contributed by atoms with van der Waals surface area (Å²) < 4.78 is 35.1. The van der Waals surface area contributed by atoms with Crippen molar-refractivity contribution in [2.24, 2.45) is 17.8 Å². The molecular formula is C35H42F2O2. The standard InChI is InChI=1S/C35H42F2O2/c1-3-5-6-26-14-21-32(22-15-26)39-35(38)31-20-19-30(34(37)24-31)18-17-29-16-13-28(23-33(29)36)12-11-27-9-7-25(4-2)8-10-27/h11-13,16,19-20,23-27,32H,3-10,14-15,21-22H2,1-2H3/b12-11+. The molecule has 2 aromatic carbocycles. The van der Waals surface area contributed by atoms with Crippen LogP contribution in [0.1, 0.15) is 118 Å². The van der Waals surface area contributed by atoms with Crippen LogP contribution in [-0.4, -0.2) is 12.1 Å². The van der Waals surface area contributed by atoms with E-state index in [2.05, 4.69) is 31.8 Å². The van der Waals surface area contributed by atoms with Gasteiger partial charge in [-0.05, 0) is 105 Å². The molecule has 4 heteroatoms. The zero-order valence-corrected chi connectivity index (χ0v) is 23.5. The lowest BCUT2D eigenvalue weighted by Gasteiger charge is -2.28. The molecule has 2 aliphatic carbocycles. The van der Waals surface area contributed by atoms with Crippen LogP contribution in [0.3, 0.4) is 0 Å². The molecule has 4 rings (SSSR count). The third-order valence-corrected chi connectivity index (χ3v) is 8.59. The maximum Gasteiger partial charge on any atom is 0.338 e. The molecule has 0 amide bonds. The number of carbonyl (C=O) groups is 1. The van der Waals surface area contributed by atoms with Crippen LogP contribution < -0.4 is 0 Å². The minimum atomic E-state index is -0.613. The Balaban J connectivity index is 1.32. The quantitative estimate of drug-likeness (QED) is 0.250. The lowest BCUT2D eigenvalue weighted by atomic mass is 9.80. The third-order valence-electron chi connectivity index (χ3n) is 8.59. The minimum Gasteiger partial charge on any atom is -0.459 e. The Hall–Kier alpha value is -2.93. The molecular weight excluding hydrogens is 490 g/mol. The normalized spacial score (nSPS) is 23.3. The number of ether oxygens (including phenoxy) is 1. The Kier molecular flexibility index (Phi) is 10.8. The van der Waals surface area contributed by atoms with Crippen molar-refractivity contribution in [3.63, 3.8) is 0 Å². The summed E-state index contributed by atoms with van der Waals surface area (Å²) in [6.45, 7) is 4.46. The van der Waals surface area contributed by atoms with Crippen LogP contribution in [0.4, 0.5) is 8.78 Å². The van der Waals surface area contributed by atoms with E-state index >= 15 is 0 Å². The van der Waals surface area contributed by atoms with E-state index in [-0.39, 0.29) is 22.8 Å². The van der Waals surface area contributed by atoms with Gasteiger partial charge in [-0.2, -0.15) is 0 Å². The molecule has 2 aromatic rings. The van der Waals surface area contributed by atoms with Crippen molar-refractivity contribution >= 4 is 12.0 Å². The fraction of sp³-hybridized carbons (Fsp3) is 0.514. The molecule has 0 atom stereocenters. The number of hydrogen-bond donors (Lipinski definition) is 0. The van der Waals surface area contributed by atoms with E-state index in [1.807, 2.05) is 12.1 Å². The Labute approximate surface area is 233 Å². The molecule has 2 saturated carbocycles. The first kappa shape index (κ1) is 29.1. The summed E-state index contributed by atoms with van der Waals surface area (Å²) >= 11 is 0. The Morgan fingerprint density at radius 3 is 2.13 bits per heavy atom. The Morgan fingerprint density at radius 1 is 0.872 bits per heavy atom. The fourth-order valence-corrected chi connectivity index (χ4v) is 5.90. The van der Waals surface area contributed by atoms with Gasteiger partial charge >= 0.3 is 5.97 Å². The highest BCUT2D eigenvalue weighted by atomic mass is 19.1. The summed E-state index contributed by atoms with van der Waals surface area (Å²) in [5.74, 6) is 6.05. The van der Waals surface area contributed by atoms with E-state index in [9.17, 15) is 13.6 Å². The van der Waals surface area contributed by atoms with Crippen LogP contribution in [0.25, 0.3) is 6.08 Å². The van der Waals surface area contributed by atoms with Crippen molar-refractivity contribution in [2.45, 2.75) is 97.0 Å². The van der Waals surface area contributed by atoms with Gasteiger partial charge in [0.2, 0.25) is 0 Å². The SMILES string of the molecule is CCCCC1CCC(OC(=O)c2ccc(C#Cc3ccc(/C=C/C4CCC(CC)CC4)cc3F)c(F)c2)CC1. The highest BCUT2D eigenvalue weighted by Crippen LogP contribution is 2.32. The van der Waals surface area contributed by atoms with Crippen LogP contribution in [0.2, 0.25) is 0 Å². The molecule has 0 unspecified atom stereocenters. The summed E-state index contributed by atoms with van der Waals surface area (Å²) in [6.07, 6.45) is 17.9. The third kappa shape index (κ3) is 8.53. The Bertz CT molecular complexity index is 1190. The largest absolute Gasteiger partial charge is 0.459 e. The minimum absolute atomic E-state index is 0.102. The maximum atomic E-state index is 14.7. The molecule has 0 N–H and O–H groups in total. The van der Waals surface area contributed by atoms with Crippen LogP contribution in [0, 0.1) is 41.2 Å². The van der Waals surface area contributed by atoms with E-state index in [1.54, 1.807) is 6.07 Å². The summed E-state index contributed by atoms with van der Waals surface area (Å²) in [6, 6.07) is 9.11. The van der Waals surface area contributed by atoms with Gasteiger partial charge in [-0.15, -0.1) is 0 Å². The molecule has 2 aliphatic rings. The van der Waals surface area contributed by atoms with Crippen LogP contribution in [-0.2, 0) is 4.74 Å². The van der Waals surface area contributed by atoms with Gasteiger partial charge in [-0.25, -0.2) is 13.6 Å². The fourth-order valence-electron chi connectivity index (χ4n) is 5.90. The zero-order chi connectivity index (χ0) is 27.6. The van der Waals surface area contributed by atoms with E-state index in [4.69, 9.17) is 4.74 Å². The summed E-state index contributed by atoms with van der Waals surface area (Å²) in [7, 11) is 0. The number of rotatable bonds is 8. The van der Waals surface area contributed by atoms with Gasteiger partial charge in [0.1, 0.15) is 17.7 Å². The van der Waals surface area contributed by atoms with Crippen molar-refractivity contribution in [3.05, 3.63) is 76.4 Å². The second-order valence-corrected chi connectivity index (χ2v) is 11.4. The summed E-state index contributed by atoms with van der Waals surface area (Å²) in [5.41, 5.74) is 1.32. The van der Waals surface area contributed by atoms with Gasteiger partial charge < -0.3 is 4.74 Å². The lowest BCUT2D eigenvalue weighted by Crippen LogP contribution is -2.24. The predicted molar refractivity (Wildman–Crippen MR) is 154 cm³/mol. The van der Waals surface area contributed by atoms with E-state index in [0.29, 0.717) is 5.92 Å². The van der Waals surface area contributed by atoms with Crippen LogP contribution in [0.5, 0.6) is 0 Å². The van der Waals surface area contributed by atoms with Crippen molar-refractivity contribution < 1.29 is 18.3 Å². The Morgan fingerprint density at radius 2 is 1.51 bits per heavy atom. The van der Waals surface area contributed by atoms with Gasteiger partial charge in [0.05, 0.1) is 16.7 Å². The molecule has 2 fully saturated rings. The van der Waals surface area contributed by atoms with Gasteiger partial charge in [0.25, 0.3) is 0 Å². The number of allylic oxidation sites excluding steroid dienone is 1. The molecule has 39 heavy (non-hydrogen) atoms. The number of esters is 1. The van der Waals surface area contributed by atoms with E-state index in [0.717, 1.165) is 49.1 Å². The number of unbranched alkanes of at least 4 members (excludes halogenated alkanes) is 1. The van der Waals surface area contributed by atoms with Gasteiger partial charge in [0, 0.05) is 0 Å². The number of hydrogen-bond acceptors (Lipinski definition) is 2. The molecule has 0 aromatic heterocycles. The highest BCUT2D eigenvalue weighted by Gasteiger charge is 2.24. The van der Waals surface area contributed by atoms with Crippen LogP contribution >= 0.6 is 0 Å². The van der Waals surface area contributed by atoms with Crippen molar-refractivity contribution in [2.75, 3.05) is 0 Å². The second-order valence-electron chi connectivity index (χ2n) is 11.4. The predicted octanol–water partition coefficient (Wildman–Crippen LogP) is 9.50. The zero-order valence-electron chi connectivity index (χ0n) is 23.5. The molecule has 0 saturated heterocycles. The molecule has 2 nitrogen and oxygen atoms in total. The van der Waals surface area contributed by atoms with E-state index < -0.39 is 17.6 Å². The molecule has 0 radical (unpaired) electrons. The van der Waals surface area contributed by atoms with Crippen molar-refractivity contribution in [3.8, 4) is 11.8 Å². The summed E-state index contributed by atoms with van der Waals surface area (Å²) in [4.78, 5) is 12.6. The number of benzene rings is 2. The van der Waals surface area contributed by atoms with Crippen molar-refractivity contribution in [1.29, 1.82) is 0 Å². The lowest BCUT2D eigenvalue weighted by molar-refractivity contribution is 0.0160. The highest BCUT2D eigenvalue weighted by molar-refractivity contribution is 5.89. The second kappa shape index (κ2) is 14.5. The average Bonchev–Trinajstić information content (AvgIpc) is 2.96. The molecule has 208 valence electrons. The molecule has 0 spiro atoms. The van der Waals surface area contributed by atoms with Gasteiger partial charge in [-0.3, -0.25) is 0 Å². The average molecular weight is 533 g/mol. The van der Waals surface area contributed by atoms with Gasteiger partial charge in [0.15, 0.2) is 0 Å². The number of carbonyl (C=O) groups excluding carboxylic acids is 1. The first-order valence-electron chi connectivity index (χ1n) is 15.0. The molecule has 0 bridgehead atoms. The molecule has 0 heterocycles. The summed E-state index contributed by atoms with van der Waals surface area (Å²) in [5, 5.41) is 0. The van der Waals surface area contributed by atoms with E-state index in [1.165, 1.54) is 69.6 Å². The monoisotopic (exact) mass is 532 g/mol. The smallest absolute Gasteiger partial charge is 0.338 e. The van der Waals surface area contributed by atoms with Gasteiger partial charge in [-0.1, -0.05) is 69.6 Å². The molecule has 0 aliphatic heterocycles. The van der Waals surface area contributed by atoms with Crippen molar-refractivity contribution in [1.82, 2.24) is 0 Å². The first-order chi connectivity index (χ1) is 18.9. The number of halogens is 2. The van der Waals surface area contributed by atoms with Crippen LogP contribution in [0.15, 0.2) is 42.5 Å². The maximum absolute atomic E-state index is 14.7. The topological polar surface area (TPSA) is 26.3 Å². The first-order valence-corrected chi connectivity index (χ1v) is 15.0.